The predicted octanol–water partition coefficient (Wildman–Crippen LogP) is 4.23. The molecule has 5 heterocycles. The maximum absolute atomic E-state index is 9.00. The van der Waals surface area contributed by atoms with Crippen molar-refractivity contribution in [2.75, 3.05) is 26.2 Å². The minimum absolute atomic E-state index is 0.350. The van der Waals surface area contributed by atoms with Crippen LogP contribution in [0.15, 0.2) is 73.1 Å². The van der Waals surface area contributed by atoms with Crippen molar-refractivity contribution in [3.8, 4) is 45.8 Å². The third-order valence-electron chi connectivity index (χ3n) is 7.33. The van der Waals surface area contributed by atoms with Gasteiger partial charge in [-0.1, -0.05) is 54.6 Å². The Morgan fingerprint density at radius 3 is 2.51 bits per heavy atom. The van der Waals surface area contributed by atoms with Gasteiger partial charge in [0.25, 0.3) is 0 Å². The van der Waals surface area contributed by atoms with Crippen LogP contribution in [0.3, 0.4) is 0 Å². The number of nitrogens with zero attached hydrogens (tertiary/aromatic N) is 6. The summed E-state index contributed by atoms with van der Waals surface area (Å²) in [6.45, 7) is 5.33. The molecule has 2 saturated heterocycles. The van der Waals surface area contributed by atoms with E-state index in [9.17, 15) is 0 Å². The fourth-order valence-corrected chi connectivity index (χ4v) is 5.76. The highest BCUT2D eigenvalue weighted by Crippen LogP contribution is 2.42. The van der Waals surface area contributed by atoms with E-state index in [0.717, 1.165) is 72.4 Å². The highest BCUT2D eigenvalue weighted by molar-refractivity contribution is 5.83. The molecule has 0 radical (unpaired) electrons. The second-order valence-corrected chi connectivity index (χ2v) is 9.87. The largest absolute Gasteiger partial charge is 0.472 e. The normalized spacial score (nSPS) is 17.5. The maximum Gasteiger partial charge on any atom is 0.179 e. The molecular formula is C28H24N6O. The van der Waals surface area contributed by atoms with Crippen LogP contribution >= 0.6 is 0 Å². The highest BCUT2D eigenvalue weighted by atomic mass is 16.5. The number of likely N-dealkylation sites (tertiary alicyclic amines) is 2. The van der Waals surface area contributed by atoms with Gasteiger partial charge in [-0.15, -0.1) is 0 Å². The lowest BCUT2D eigenvalue weighted by Gasteiger charge is -2.58. The minimum Gasteiger partial charge on any atom is -0.472 e. The predicted molar refractivity (Wildman–Crippen MR) is 132 cm³/mol. The Labute approximate surface area is 203 Å². The summed E-state index contributed by atoms with van der Waals surface area (Å²) in [4.78, 5) is 13.7. The Morgan fingerprint density at radius 2 is 1.74 bits per heavy atom. The molecule has 1 spiro atoms. The number of rotatable bonds is 4. The van der Waals surface area contributed by atoms with Crippen LogP contribution in [0, 0.1) is 16.9 Å². The van der Waals surface area contributed by atoms with Crippen LogP contribution in [0.25, 0.3) is 33.9 Å². The van der Waals surface area contributed by atoms with Crippen molar-refractivity contribution in [2.24, 2.45) is 5.41 Å². The number of nitriles is 1. The summed E-state index contributed by atoms with van der Waals surface area (Å²) < 4.78 is 8.19. The number of benzene rings is 2. The van der Waals surface area contributed by atoms with E-state index in [1.54, 1.807) is 6.20 Å². The van der Waals surface area contributed by atoms with E-state index in [1.165, 1.54) is 5.56 Å². The van der Waals surface area contributed by atoms with Crippen molar-refractivity contribution in [3.05, 3.63) is 78.6 Å². The van der Waals surface area contributed by atoms with Crippen molar-refractivity contribution in [2.45, 2.75) is 13.3 Å². The van der Waals surface area contributed by atoms with E-state index in [0.29, 0.717) is 12.1 Å². The van der Waals surface area contributed by atoms with Crippen molar-refractivity contribution >= 4 is 0 Å². The van der Waals surface area contributed by atoms with Crippen LogP contribution in [0.5, 0.6) is 5.75 Å². The van der Waals surface area contributed by atoms with Gasteiger partial charge >= 0.3 is 0 Å². The fraction of sp³-hybridized carbons (Fsp3) is 0.250. The molecule has 35 heavy (non-hydrogen) atoms. The minimum atomic E-state index is 0.350. The first kappa shape index (κ1) is 20.2. The Morgan fingerprint density at radius 1 is 0.943 bits per heavy atom. The molecule has 2 aromatic heterocycles. The van der Waals surface area contributed by atoms with Crippen LogP contribution in [0.4, 0.5) is 0 Å². The second kappa shape index (κ2) is 7.69. The van der Waals surface area contributed by atoms with Gasteiger partial charge in [0.2, 0.25) is 0 Å². The number of pyridine rings is 1. The average molecular weight is 461 g/mol. The fourth-order valence-electron chi connectivity index (χ4n) is 5.76. The molecule has 3 aliphatic rings. The SMILES string of the molecule is N#CN1CC2(C1)CN(Cc1ccc(-c3nc4n(c3-c3ccccc3)COc3ccncc3-4)cc1)C2. The zero-order chi connectivity index (χ0) is 23.4. The first-order chi connectivity index (χ1) is 17.2. The molecule has 0 bridgehead atoms. The molecule has 0 saturated carbocycles. The van der Waals surface area contributed by atoms with Gasteiger partial charge < -0.3 is 9.64 Å². The van der Waals surface area contributed by atoms with Gasteiger partial charge in [0.15, 0.2) is 12.9 Å². The van der Waals surface area contributed by atoms with Crippen LogP contribution < -0.4 is 4.74 Å². The average Bonchev–Trinajstić information content (AvgIpc) is 3.26. The molecule has 0 aliphatic carbocycles. The van der Waals surface area contributed by atoms with Crippen LogP contribution in [0.2, 0.25) is 0 Å². The summed E-state index contributed by atoms with van der Waals surface area (Å²) in [5.41, 5.74) is 6.76. The molecule has 7 rings (SSSR count). The molecular weight excluding hydrogens is 436 g/mol. The Bertz CT molecular complexity index is 1440. The van der Waals surface area contributed by atoms with E-state index in [-0.39, 0.29) is 0 Å². The zero-order valence-corrected chi connectivity index (χ0v) is 19.3. The Hall–Kier alpha value is -4.15. The number of hydrogen-bond donors (Lipinski definition) is 0. The van der Waals surface area contributed by atoms with E-state index < -0.39 is 0 Å². The number of imidazole rings is 1. The number of ether oxygens (including phenoxy) is 1. The summed E-state index contributed by atoms with van der Waals surface area (Å²) in [5.74, 6) is 1.70. The molecule has 2 fully saturated rings. The molecule has 4 aromatic rings. The summed E-state index contributed by atoms with van der Waals surface area (Å²) >= 11 is 0. The van der Waals surface area contributed by atoms with Gasteiger partial charge in [0.05, 0.1) is 17.0 Å². The molecule has 2 aromatic carbocycles. The molecule has 0 N–H and O–H groups in total. The number of hydrogen-bond acceptors (Lipinski definition) is 6. The molecule has 3 aliphatic heterocycles. The lowest BCUT2D eigenvalue weighted by molar-refractivity contribution is -0.0957. The number of aromatic nitrogens is 3. The summed E-state index contributed by atoms with van der Waals surface area (Å²) in [7, 11) is 0. The Kier molecular flexibility index (Phi) is 4.45. The van der Waals surface area contributed by atoms with E-state index >= 15 is 0 Å². The first-order valence-corrected chi connectivity index (χ1v) is 11.9. The van der Waals surface area contributed by atoms with Gasteiger partial charge in [0, 0.05) is 61.7 Å². The molecule has 7 heteroatoms. The van der Waals surface area contributed by atoms with Gasteiger partial charge in [-0.2, -0.15) is 5.26 Å². The van der Waals surface area contributed by atoms with E-state index in [4.69, 9.17) is 15.0 Å². The third kappa shape index (κ3) is 3.29. The van der Waals surface area contributed by atoms with Gasteiger partial charge in [-0.25, -0.2) is 4.98 Å². The van der Waals surface area contributed by atoms with Crippen LogP contribution in [-0.4, -0.2) is 50.5 Å². The highest BCUT2D eigenvalue weighted by Gasteiger charge is 2.51. The zero-order valence-electron chi connectivity index (χ0n) is 19.3. The summed E-state index contributed by atoms with van der Waals surface area (Å²) in [6.07, 6.45) is 5.82. The maximum atomic E-state index is 9.00. The Balaban J connectivity index is 1.19. The van der Waals surface area contributed by atoms with Gasteiger partial charge in [0.1, 0.15) is 11.6 Å². The molecule has 0 unspecified atom stereocenters. The van der Waals surface area contributed by atoms with E-state index in [2.05, 4.69) is 69.2 Å². The molecule has 0 atom stereocenters. The van der Waals surface area contributed by atoms with Crippen LogP contribution in [0.1, 0.15) is 5.56 Å². The third-order valence-corrected chi connectivity index (χ3v) is 7.33. The van der Waals surface area contributed by atoms with Gasteiger partial charge in [-0.05, 0) is 11.6 Å². The molecule has 7 nitrogen and oxygen atoms in total. The quantitative estimate of drug-likeness (QED) is 0.425. The second-order valence-electron chi connectivity index (χ2n) is 9.87. The monoisotopic (exact) mass is 460 g/mol. The van der Waals surface area contributed by atoms with Gasteiger partial charge in [-0.3, -0.25) is 14.5 Å². The molecule has 172 valence electrons. The lowest BCUT2D eigenvalue weighted by Crippen LogP contribution is -2.70. The van der Waals surface area contributed by atoms with E-state index in [1.807, 2.05) is 23.2 Å². The summed E-state index contributed by atoms with van der Waals surface area (Å²) in [6, 6.07) is 21.0. The number of fused-ring (bicyclic) bond motifs is 3. The van der Waals surface area contributed by atoms with Crippen molar-refractivity contribution in [1.82, 2.24) is 24.3 Å². The van der Waals surface area contributed by atoms with Crippen molar-refractivity contribution < 1.29 is 4.74 Å². The standard InChI is InChI=1S/C28H24N6O/c29-18-33-16-28(17-33)14-32(15-28)13-20-6-8-21(9-7-20)25-26(22-4-2-1-3-5-22)34-19-35-24-10-11-30-12-23(24)27(34)31-25/h1-12H,13-17,19H2. The topological polar surface area (TPSA) is 70.2 Å². The van der Waals surface area contributed by atoms with Crippen molar-refractivity contribution in [1.29, 1.82) is 5.26 Å². The molecule has 0 amide bonds. The lowest BCUT2D eigenvalue weighted by atomic mass is 9.73. The van der Waals surface area contributed by atoms with Crippen LogP contribution in [-0.2, 0) is 13.3 Å². The summed E-state index contributed by atoms with van der Waals surface area (Å²) in [5, 5.41) is 9.00. The smallest absolute Gasteiger partial charge is 0.179 e. The first-order valence-electron chi connectivity index (χ1n) is 11.9. The van der Waals surface area contributed by atoms with Crippen molar-refractivity contribution in [3.63, 3.8) is 0 Å².